The Morgan fingerprint density at radius 3 is 2.47 bits per heavy atom. The third kappa shape index (κ3) is 2.92. The van der Waals surface area contributed by atoms with Crippen LogP contribution in [-0.4, -0.2) is 26.7 Å². The summed E-state index contributed by atoms with van der Waals surface area (Å²) in [4.78, 5) is 12.1. The van der Waals surface area contributed by atoms with Crippen molar-refractivity contribution in [2.24, 2.45) is 5.92 Å². The molecule has 1 aliphatic carbocycles. The number of nitrogens with one attached hydrogen (secondary N) is 1. The van der Waals surface area contributed by atoms with Gasteiger partial charge in [-0.05, 0) is 24.8 Å². The number of carbonyl (C=O) groups is 1. The molecular formula is C14H20N2O3. The van der Waals surface area contributed by atoms with Crippen LogP contribution < -0.4 is 20.5 Å². The highest BCUT2D eigenvalue weighted by molar-refractivity contribution is 6.00. The molecule has 1 aromatic rings. The molecule has 1 aromatic carbocycles. The van der Waals surface area contributed by atoms with Crippen molar-refractivity contribution in [3.63, 3.8) is 0 Å². The predicted molar refractivity (Wildman–Crippen MR) is 73.6 cm³/mol. The van der Waals surface area contributed by atoms with E-state index in [0.29, 0.717) is 35.2 Å². The summed E-state index contributed by atoms with van der Waals surface area (Å²) in [7, 11) is 3.07. The van der Waals surface area contributed by atoms with Gasteiger partial charge in [-0.2, -0.15) is 0 Å². The van der Waals surface area contributed by atoms with Crippen LogP contribution >= 0.6 is 0 Å². The molecule has 5 nitrogen and oxygen atoms in total. The summed E-state index contributed by atoms with van der Waals surface area (Å²) in [5.74, 6) is 1.48. The average Bonchev–Trinajstić information content (AvgIpc) is 2.36. The van der Waals surface area contributed by atoms with Gasteiger partial charge in [-0.3, -0.25) is 4.79 Å². The summed E-state index contributed by atoms with van der Waals surface area (Å²) < 4.78 is 10.3. The van der Waals surface area contributed by atoms with Crippen molar-refractivity contribution in [3.8, 4) is 11.5 Å². The van der Waals surface area contributed by atoms with Gasteiger partial charge < -0.3 is 20.5 Å². The first-order valence-corrected chi connectivity index (χ1v) is 6.45. The molecule has 0 radical (unpaired) electrons. The molecule has 1 amide bonds. The highest BCUT2D eigenvalue weighted by atomic mass is 16.5. The number of carbonyl (C=O) groups excluding carboxylic acids is 1. The van der Waals surface area contributed by atoms with Crippen molar-refractivity contribution >= 4 is 11.6 Å². The van der Waals surface area contributed by atoms with Gasteiger partial charge in [-0.25, -0.2) is 0 Å². The summed E-state index contributed by atoms with van der Waals surface area (Å²) in [5, 5.41) is 2.92. The Morgan fingerprint density at radius 2 is 1.95 bits per heavy atom. The van der Waals surface area contributed by atoms with Crippen LogP contribution in [0.25, 0.3) is 0 Å². The van der Waals surface area contributed by atoms with E-state index in [4.69, 9.17) is 15.2 Å². The van der Waals surface area contributed by atoms with Crippen LogP contribution in [0.15, 0.2) is 12.1 Å². The second kappa shape index (κ2) is 5.82. The van der Waals surface area contributed by atoms with Gasteiger partial charge in [0.05, 0.1) is 19.8 Å². The van der Waals surface area contributed by atoms with Gasteiger partial charge >= 0.3 is 0 Å². The van der Waals surface area contributed by atoms with Gasteiger partial charge in [0.25, 0.3) is 5.91 Å². The number of anilines is 1. The van der Waals surface area contributed by atoms with E-state index in [-0.39, 0.29) is 5.91 Å². The fraction of sp³-hybridized carbons (Fsp3) is 0.500. The van der Waals surface area contributed by atoms with Gasteiger partial charge in [-0.1, -0.05) is 6.42 Å². The minimum atomic E-state index is -0.162. The summed E-state index contributed by atoms with van der Waals surface area (Å²) in [6.07, 6.45) is 3.66. The van der Waals surface area contributed by atoms with E-state index in [1.807, 2.05) is 0 Å². The van der Waals surface area contributed by atoms with Gasteiger partial charge in [0.1, 0.15) is 0 Å². The molecule has 3 N–H and O–H groups in total. The van der Waals surface area contributed by atoms with Crippen molar-refractivity contribution in [2.45, 2.75) is 19.3 Å². The van der Waals surface area contributed by atoms with Crippen molar-refractivity contribution < 1.29 is 14.3 Å². The molecule has 0 aliphatic heterocycles. The lowest BCUT2D eigenvalue weighted by atomic mass is 9.85. The van der Waals surface area contributed by atoms with Crippen LogP contribution in [0.2, 0.25) is 0 Å². The molecule has 1 aliphatic rings. The Bertz CT molecular complexity index is 470. The molecule has 0 spiro atoms. The summed E-state index contributed by atoms with van der Waals surface area (Å²) in [5.41, 5.74) is 6.70. The van der Waals surface area contributed by atoms with Crippen LogP contribution in [-0.2, 0) is 0 Å². The average molecular weight is 264 g/mol. The van der Waals surface area contributed by atoms with Gasteiger partial charge in [-0.15, -0.1) is 0 Å². The number of ether oxygens (including phenoxy) is 2. The molecular weight excluding hydrogens is 244 g/mol. The zero-order chi connectivity index (χ0) is 13.8. The van der Waals surface area contributed by atoms with Gasteiger partial charge in [0.2, 0.25) is 0 Å². The lowest BCUT2D eigenvalue weighted by Gasteiger charge is -2.25. The maximum Gasteiger partial charge on any atom is 0.253 e. The monoisotopic (exact) mass is 264 g/mol. The molecule has 0 aromatic heterocycles. The van der Waals surface area contributed by atoms with Crippen LogP contribution in [0, 0.1) is 5.92 Å². The first-order chi connectivity index (χ1) is 9.15. The smallest absolute Gasteiger partial charge is 0.253 e. The SMILES string of the molecule is COc1cc(N)c(C(=O)NCC2CCC2)cc1OC. The fourth-order valence-corrected chi connectivity index (χ4v) is 2.12. The van der Waals surface area contributed by atoms with Crippen LogP contribution in [0.1, 0.15) is 29.6 Å². The number of nitrogen functional groups attached to an aromatic ring is 1. The first kappa shape index (κ1) is 13.5. The van der Waals surface area contributed by atoms with E-state index >= 15 is 0 Å². The Kier molecular flexibility index (Phi) is 4.14. The number of benzene rings is 1. The third-order valence-electron chi connectivity index (χ3n) is 3.58. The third-order valence-corrected chi connectivity index (χ3v) is 3.58. The van der Waals surface area contributed by atoms with E-state index in [2.05, 4.69) is 5.32 Å². The topological polar surface area (TPSA) is 73.6 Å². The maximum absolute atomic E-state index is 12.1. The molecule has 2 rings (SSSR count). The maximum atomic E-state index is 12.1. The highest BCUT2D eigenvalue weighted by Gasteiger charge is 2.20. The standard InChI is InChI=1S/C14H20N2O3/c1-18-12-6-10(11(15)7-13(12)19-2)14(17)16-8-9-4-3-5-9/h6-7,9H,3-5,8,15H2,1-2H3,(H,16,17). The largest absolute Gasteiger partial charge is 0.493 e. The normalized spacial score (nSPS) is 14.6. The summed E-state index contributed by atoms with van der Waals surface area (Å²) >= 11 is 0. The van der Waals surface area contributed by atoms with Crippen molar-refractivity contribution in [3.05, 3.63) is 17.7 Å². The van der Waals surface area contributed by atoms with Gasteiger partial charge in [0.15, 0.2) is 11.5 Å². The van der Waals surface area contributed by atoms with Crippen molar-refractivity contribution in [1.29, 1.82) is 0 Å². The minimum Gasteiger partial charge on any atom is -0.493 e. The number of nitrogens with two attached hydrogens (primary N) is 1. The Hall–Kier alpha value is -1.91. The number of hydrogen-bond donors (Lipinski definition) is 2. The number of methoxy groups -OCH3 is 2. The van der Waals surface area contributed by atoms with E-state index in [1.54, 1.807) is 12.1 Å². The fourth-order valence-electron chi connectivity index (χ4n) is 2.12. The van der Waals surface area contributed by atoms with Crippen LogP contribution in [0.4, 0.5) is 5.69 Å². The second-order valence-corrected chi connectivity index (χ2v) is 4.80. The molecule has 1 saturated carbocycles. The van der Waals surface area contributed by atoms with E-state index in [9.17, 15) is 4.79 Å². The zero-order valence-corrected chi connectivity index (χ0v) is 11.4. The lowest BCUT2D eigenvalue weighted by Crippen LogP contribution is -2.32. The Morgan fingerprint density at radius 1 is 1.32 bits per heavy atom. The zero-order valence-electron chi connectivity index (χ0n) is 11.4. The van der Waals surface area contributed by atoms with E-state index < -0.39 is 0 Å². The highest BCUT2D eigenvalue weighted by Crippen LogP contribution is 2.32. The molecule has 5 heteroatoms. The molecule has 0 saturated heterocycles. The van der Waals surface area contributed by atoms with Crippen LogP contribution in [0.3, 0.4) is 0 Å². The molecule has 19 heavy (non-hydrogen) atoms. The molecule has 0 bridgehead atoms. The van der Waals surface area contributed by atoms with Crippen molar-refractivity contribution in [2.75, 3.05) is 26.5 Å². The number of hydrogen-bond acceptors (Lipinski definition) is 4. The summed E-state index contributed by atoms with van der Waals surface area (Å²) in [6.45, 7) is 0.715. The molecule has 104 valence electrons. The second-order valence-electron chi connectivity index (χ2n) is 4.80. The minimum absolute atomic E-state index is 0.162. The van der Waals surface area contributed by atoms with Crippen molar-refractivity contribution in [1.82, 2.24) is 5.32 Å². The molecule has 0 heterocycles. The Labute approximate surface area is 113 Å². The van der Waals surface area contributed by atoms with E-state index in [1.165, 1.54) is 33.5 Å². The molecule has 1 fully saturated rings. The summed E-state index contributed by atoms with van der Waals surface area (Å²) in [6, 6.07) is 3.22. The Balaban J connectivity index is 2.11. The van der Waals surface area contributed by atoms with Crippen LogP contribution in [0.5, 0.6) is 11.5 Å². The lowest BCUT2D eigenvalue weighted by molar-refractivity contribution is 0.0939. The molecule has 0 unspecified atom stereocenters. The van der Waals surface area contributed by atoms with Gasteiger partial charge in [0, 0.05) is 18.3 Å². The number of amides is 1. The van der Waals surface area contributed by atoms with E-state index in [0.717, 1.165) is 0 Å². The first-order valence-electron chi connectivity index (χ1n) is 6.45. The molecule has 0 atom stereocenters. The predicted octanol–water partition coefficient (Wildman–Crippen LogP) is 1.82. The quantitative estimate of drug-likeness (QED) is 0.795. The number of rotatable bonds is 5.